The lowest BCUT2D eigenvalue weighted by Gasteiger charge is -2.36. The second-order valence-corrected chi connectivity index (χ2v) is 6.79. The summed E-state index contributed by atoms with van der Waals surface area (Å²) in [6.07, 6.45) is 5.28. The van der Waals surface area contributed by atoms with Gasteiger partial charge in [0.15, 0.2) is 0 Å². The monoisotopic (exact) mass is 348 g/mol. The Morgan fingerprint density at radius 3 is 2.80 bits per heavy atom. The Hall–Kier alpha value is -1.73. The Bertz CT molecular complexity index is 582. The summed E-state index contributed by atoms with van der Waals surface area (Å²) >= 11 is 0. The molecule has 0 radical (unpaired) electrons. The lowest BCUT2D eigenvalue weighted by atomic mass is 10.1. The smallest absolute Gasteiger partial charge is 0.248 e. The predicted molar refractivity (Wildman–Crippen MR) is 94.7 cm³/mol. The molecule has 3 heterocycles. The zero-order valence-electron chi connectivity index (χ0n) is 15.2. The summed E-state index contributed by atoms with van der Waals surface area (Å²) in [6, 6.07) is 0. The molecule has 2 fully saturated rings. The molecule has 0 aromatic carbocycles. The molecule has 1 aromatic rings. The van der Waals surface area contributed by atoms with Crippen molar-refractivity contribution in [3.63, 3.8) is 0 Å². The minimum Gasteiger partial charge on any atom is -0.376 e. The SMILES string of the molecule is Cc1cnc(C)c(N2CCN(C(=O)COC[C@H]3CCCCO3)CC2)n1. The van der Waals surface area contributed by atoms with Gasteiger partial charge in [-0.2, -0.15) is 0 Å². The van der Waals surface area contributed by atoms with Crippen LogP contribution in [0.1, 0.15) is 30.7 Å². The van der Waals surface area contributed by atoms with Gasteiger partial charge < -0.3 is 19.3 Å². The Morgan fingerprint density at radius 1 is 1.28 bits per heavy atom. The molecule has 138 valence electrons. The molecule has 1 aromatic heterocycles. The summed E-state index contributed by atoms with van der Waals surface area (Å²) in [4.78, 5) is 25.4. The van der Waals surface area contributed by atoms with Gasteiger partial charge in [0.1, 0.15) is 12.4 Å². The number of ether oxygens (including phenoxy) is 2. The maximum Gasteiger partial charge on any atom is 0.248 e. The van der Waals surface area contributed by atoms with Gasteiger partial charge in [-0.3, -0.25) is 9.78 Å². The van der Waals surface area contributed by atoms with Crippen LogP contribution in [0.4, 0.5) is 5.82 Å². The van der Waals surface area contributed by atoms with Gasteiger partial charge in [0.25, 0.3) is 0 Å². The Morgan fingerprint density at radius 2 is 2.08 bits per heavy atom. The van der Waals surface area contributed by atoms with E-state index in [4.69, 9.17) is 9.47 Å². The van der Waals surface area contributed by atoms with Gasteiger partial charge in [-0.05, 0) is 33.1 Å². The van der Waals surface area contributed by atoms with Crippen LogP contribution in [0.3, 0.4) is 0 Å². The first-order valence-electron chi connectivity index (χ1n) is 9.16. The van der Waals surface area contributed by atoms with Gasteiger partial charge in [0, 0.05) is 39.0 Å². The molecular weight excluding hydrogens is 320 g/mol. The van der Waals surface area contributed by atoms with Crippen molar-refractivity contribution < 1.29 is 14.3 Å². The number of anilines is 1. The average molecular weight is 348 g/mol. The van der Waals surface area contributed by atoms with E-state index >= 15 is 0 Å². The van der Waals surface area contributed by atoms with Gasteiger partial charge in [-0.15, -0.1) is 0 Å². The standard InChI is InChI=1S/C18H28N4O3/c1-14-11-19-15(2)18(20-14)22-8-6-21(7-9-22)17(23)13-24-12-16-5-3-4-10-25-16/h11,16H,3-10,12-13H2,1-2H3/t16-/m1/s1. The number of piperazine rings is 1. The highest BCUT2D eigenvalue weighted by atomic mass is 16.5. The normalized spacial score (nSPS) is 21.4. The fourth-order valence-electron chi connectivity index (χ4n) is 3.30. The Balaban J connectivity index is 1.42. The molecule has 0 spiro atoms. The second kappa shape index (κ2) is 8.58. The van der Waals surface area contributed by atoms with E-state index in [1.807, 2.05) is 18.7 Å². The zero-order chi connectivity index (χ0) is 17.6. The van der Waals surface area contributed by atoms with Crippen molar-refractivity contribution in [3.05, 3.63) is 17.6 Å². The van der Waals surface area contributed by atoms with Crippen LogP contribution in [-0.2, 0) is 14.3 Å². The van der Waals surface area contributed by atoms with Crippen molar-refractivity contribution in [1.29, 1.82) is 0 Å². The molecule has 0 unspecified atom stereocenters. The number of amides is 1. The average Bonchev–Trinajstić information content (AvgIpc) is 2.65. The highest BCUT2D eigenvalue weighted by molar-refractivity contribution is 5.77. The molecule has 0 N–H and O–H groups in total. The molecule has 25 heavy (non-hydrogen) atoms. The molecule has 7 nitrogen and oxygen atoms in total. The first-order chi connectivity index (χ1) is 12.1. The molecule has 0 bridgehead atoms. The number of hydrogen-bond donors (Lipinski definition) is 0. The van der Waals surface area contributed by atoms with Gasteiger partial charge in [-0.1, -0.05) is 0 Å². The number of nitrogens with zero attached hydrogens (tertiary/aromatic N) is 4. The largest absolute Gasteiger partial charge is 0.376 e. The van der Waals surface area contributed by atoms with Gasteiger partial charge >= 0.3 is 0 Å². The Kier molecular flexibility index (Phi) is 6.20. The number of rotatable bonds is 5. The summed E-state index contributed by atoms with van der Waals surface area (Å²) in [7, 11) is 0. The van der Waals surface area contributed by atoms with E-state index in [2.05, 4.69) is 14.9 Å². The summed E-state index contributed by atoms with van der Waals surface area (Å²) in [6.45, 7) is 8.32. The van der Waals surface area contributed by atoms with Crippen LogP contribution in [0.2, 0.25) is 0 Å². The number of aromatic nitrogens is 2. The number of carbonyl (C=O) groups is 1. The molecule has 0 saturated carbocycles. The van der Waals surface area contributed by atoms with Crippen molar-refractivity contribution in [2.45, 2.75) is 39.2 Å². The van der Waals surface area contributed by atoms with Crippen LogP contribution in [0.25, 0.3) is 0 Å². The number of aryl methyl sites for hydroxylation is 2. The fourth-order valence-corrected chi connectivity index (χ4v) is 3.30. The Labute approximate surface area is 149 Å². The minimum absolute atomic E-state index is 0.0579. The van der Waals surface area contributed by atoms with Crippen molar-refractivity contribution in [2.24, 2.45) is 0 Å². The molecule has 0 aliphatic carbocycles. The van der Waals surface area contributed by atoms with E-state index in [1.54, 1.807) is 6.20 Å². The molecule has 2 saturated heterocycles. The highest BCUT2D eigenvalue weighted by Crippen LogP contribution is 2.17. The van der Waals surface area contributed by atoms with E-state index in [0.29, 0.717) is 19.7 Å². The van der Waals surface area contributed by atoms with Crippen molar-refractivity contribution in [1.82, 2.24) is 14.9 Å². The lowest BCUT2D eigenvalue weighted by molar-refractivity contribution is -0.138. The highest BCUT2D eigenvalue weighted by Gasteiger charge is 2.23. The van der Waals surface area contributed by atoms with Crippen molar-refractivity contribution >= 4 is 11.7 Å². The molecule has 2 aliphatic heterocycles. The van der Waals surface area contributed by atoms with Gasteiger partial charge in [0.05, 0.1) is 24.1 Å². The molecule has 7 heteroatoms. The second-order valence-electron chi connectivity index (χ2n) is 6.79. The number of hydrogen-bond acceptors (Lipinski definition) is 6. The maximum atomic E-state index is 12.3. The molecule has 1 amide bonds. The van der Waals surface area contributed by atoms with E-state index < -0.39 is 0 Å². The predicted octanol–water partition coefficient (Wildman–Crippen LogP) is 1.33. The first-order valence-corrected chi connectivity index (χ1v) is 9.16. The third-order valence-corrected chi connectivity index (χ3v) is 4.79. The molecular formula is C18H28N4O3. The van der Waals surface area contributed by atoms with E-state index in [0.717, 1.165) is 49.7 Å². The van der Waals surface area contributed by atoms with Crippen molar-refractivity contribution in [3.8, 4) is 0 Å². The topological polar surface area (TPSA) is 67.8 Å². The van der Waals surface area contributed by atoms with E-state index in [9.17, 15) is 4.79 Å². The summed E-state index contributed by atoms with van der Waals surface area (Å²) in [5.41, 5.74) is 1.85. The van der Waals surface area contributed by atoms with Crippen molar-refractivity contribution in [2.75, 3.05) is 50.9 Å². The van der Waals surface area contributed by atoms with Crippen LogP contribution < -0.4 is 4.90 Å². The summed E-state index contributed by atoms with van der Waals surface area (Å²) in [5.74, 6) is 0.986. The lowest BCUT2D eigenvalue weighted by Crippen LogP contribution is -2.50. The maximum absolute atomic E-state index is 12.3. The summed E-state index contributed by atoms with van der Waals surface area (Å²) in [5, 5.41) is 0. The zero-order valence-corrected chi connectivity index (χ0v) is 15.2. The third-order valence-electron chi connectivity index (χ3n) is 4.79. The first kappa shape index (κ1) is 18.1. The fraction of sp³-hybridized carbons (Fsp3) is 0.722. The van der Waals surface area contributed by atoms with Crippen LogP contribution in [-0.4, -0.2) is 72.9 Å². The van der Waals surface area contributed by atoms with Gasteiger partial charge in [0.2, 0.25) is 5.91 Å². The molecule has 2 aliphatic rings. The van der Waals surface area contributed by atoms with Crippen LogP contribution in [0.5, 0.6) is 0 Å². The van der Waals surface area contributed by atoms with E-state index in [1.165, 1.54) is 6.42 Å². The van der Waals surface area contributed by atoms with E-state index in [-0.39, 0.29) is 18.6 Å². The summed E-state index contributed by atoms with van der Waals surface area (Å²) < 4.78 is 11.2. The molecule has 1 atom stereocenters. The quantitative estimate of drug-likeness (QED) is 0.800. The minimum atomic E-state index is 0.0579. The third kappa shape index (κ3) is 4.89. The van der Waals surface area contributed by atoms with Gasteiger partial charge in [-0.25, -0.2) is 4.98 Å². The molecule has 3 rings (SSSR count). The van der Waals surface area contributed by atoms with Crippen LogP contribution in [0, 0.1) is 13.8 Å². The van der Waals surface area contributed by atoms with Crippen LogP contribution in [0.15, 0.2) is 6.20 Å². The van der Waals surface area contributed by atoms with Crippen LogP contribution >= 0.6 is 0 Å². The number of carbonyl (C=O) groups excluding carboxylic acids is 1.